The van der Waals surface area contributed by atoms with Crippen LogP contribution in [0.25, 0.3) is 32.2 Å². The molecule has 3 aromatic carbocycles. The molecule has 7 heteroatoms. The number of rotatable bonds is 6. The minimum absolute atomic E-state index is 0.421. The summed E-state index contributed by atoms with van der Waals surface area (Å²) in [5.41, 5.74) is 15.7. The van der Waals surface area contributed by atoms with Gasteiger partial charge in [0.2, 0.25) is 0 Å². The number of hydrogen-bond acceptors (Lipinski definition) is 5. The first kappa shape index (κ1) is 22.2. The summed E-state index contributed by atoms with van der Waals surface area (Å²) in [6, 6.07) is 21.8. The number of nitrogens with zero attached hydrogens (tertiary/aromatic N) is 2. The van der Waals surface area contributed by atoms with Gasteiger partial charge in [-0.3, -0.25) is 0 Å². The van der Waals surface area contributed by atoms with Gasteiger partial charge in [0, 0.05) is 59.7 Å². The van der Waals surface area contributed by atoms with Crippen LogP contribution in [-0.4, -0.2) is 27.8 Å². The molecule has 5 nitrogen and oxygen atoms in total. The van der Waals surface area contributed by atoms with Crippen molar-refractivity contribution in [3.8, 4) is 11.1 Å². The van der Waals surface area contributed by atoms with Gasteiger partial charge in [-0.15, -0.1) is 11.3 Å². The molecule has 1 aliphatic heterocycles. The number of anilines is 1. The number of thiocarbonyl (C=S) groups is 1. The third kappa shape index (κ3) is 4.43. The van der Waals surface area contributed by atoms with Crippen molar-refractivity contribution >= 4 is 55.4 Å². The van der Waals surface area contributed by atoms with Gasteiger partial charge in [-0.1, -0.05) is 42.5 Å². The van der Waals surface area contributed by atoms with E-state index in [9.17, 15) is 0 Å². The minimum atomic E-state index is 0.421. The quantitative estimate of drug-likeness (QED) is 0.261. The van der Waals surface area contributed by atoms with Gasteiger partial charge in [-0.05, 0) is 54.3 Å². The predicted octanol–water partition coefficient (Wildman–Crippen LogP) is 6.52. The molecule has 1 fully saturated rings. The number of nitrogens with one attached hydrogen (secondary N) is 1. The molecule has 3 N–H and O–H groups in total. The summed E-state index contributed by atoms with van der Waals surface area (Å²) >= 11 is 6.90. The monoisotopic (exact) mass is 498 g/mol. The smallest absolute Gasteiger partial charge is 0.104 e. The molecule has 176 valence electrons. The van der Waals surface area contributed by atoms with Gasteiger partial charge in [0.15, 0.2) is 0 Å². The predicted molar refractivity (Wildman–Crippen MR) is 149 cm³/mol. The Morgan fingerprint density at radius 2 is 2.00 bits per heavy atom. The van der Waals surface area contributed by atoms with Crippen LogP contribution < -0.4 is 11.1 Å². The highest BCUT2D eigenvalue weighted by atomic mass is 32.1. The Balaban J connectivity index is 1.37. The van der Waals surface area contributed by atoms with Crippen LogP contribution in [0, 0.1) is 0 Å². The molecule has 0 amide bonds. The lowest BCUT2D eigenvalue weighted by molar-refractivity contribution is 0.0707. The summed E-state index contributed by atoms with van der Waals surface area (Å²) in [4.78, 5) is 4.79. The van der Waals surface area contributed by atoms with Gasteiger partial charge < -0.3 is 20.4 Å². The Kier molecular flexibility index (Phi) is 5.98. The number of fused-ring (bicyclic) bond motifs is 2. The lowest BCUT2D eigenvalue weighted by Crippen LogP contribution is -2.19. The molecule has 0 bridgehead atoms. The van der Waals surface area contributed by atoms with E-state index in [1.165, 1.54) is 26.7 Å². The van der Waals surface area contributed by atoms with E-state index in [0.717, 1.165) is 54.9 Å². The summed E-state index contributed by atoms with van der Waals surface area (Å²) in [6.07, 6.45) is 4.34. The van der Waals surface area contributed by atoms with E-state index in [-0.39, 0.29) is 0 Å². The van der Waals surface area contributed by atoms with Gasteiger partial charge in [0.05, 0.1) is 15.7 Å². The molecule has 35 heavy (non-hydrogen) atoms. The first-order valence-electron chi connectivity index (χ1n) is 11.8. The van der Waals surface area contributed by atoms with E-state index in [0.29, 0.717) is 11.0 Å². The fourth-order valence-electron chi connectivity index (χ4n) is 4.91. The topological polar surface area (TPSA) is 65.1 Å². The molecule has 0 saturated carbocycles. The van der Waals surface area contributed by atoms with Crippen molar-refractivity contribution < 1.29 is 4.74 Å². The van der Waals surface area contributed by atoms with E-state index >= 15 is 0 Å². The maximum Gasteiger partial charge on any atom is 0.104 e. The van der Waals surface area contributed by atoms with Crippen LogP contribution in [0.4, 0.5) is 5.69 Å². The van der Waals surface area contributed by atoms with Crippen LogP contribution in [0.5, 0.6) is 0 Å². The van der Waals surface area contributed by atoms with Gasteiger partial charge in [-0.2, -0.15) is 0 Å². The molecule has 0 radical (unpaired) electrons. The molecule has 0 spiro atoms. The Bertz CT molecular complexity index is 1530. The molecule has 1 saturated heterocycles. The number of nitrogens with two attached hydrogens (primary N) is 1. The number of thiazole rings is 1. The number of aromatic nitrogens is 2. The van der Waals surface area contributed by atoms with Crippen molar-refractivity contribution in [3.63, 3.8) is 0 Å². The summed E-state index contributed by atoms with van der Waals surface area (Å²) in [6.45, 7) is 2.36. The minimum Gasteiger partial charge on any atom is -0.389 e. The summed E-state index contributed by atoms with van der Waals surface area (Å²) in [5.74, 6) is 0. The van der Waals surface area contributed by atoms with Crippen LogP contribution in [0.3, 0.4) is 0 Å². The zero-order valence-electron chi connectivity index (χ0n) is 19.2. The van der Waals surface area contributed by atoms with Crippen LogP contribution in [0.2, 0.25) is 0 Å². The fourth-order valence-corrected chi connectivity index (χ4v) is 5.75. The number of benzene rings is 3. The summed E-state index contributed by atoms with van der Waals surface area (Å²) < 4.78 is 9.30. The van der Waals surface area contributed by atoms with Crippen molar-refractivity contribution in [1.29, 1.82) is 0 Å². The van der Waals surface area contributed by atoms with Gasteiger partial charge in [-0.25, -0.2) is 4.98 Å². The normalized spacial score (nSPS) is 14.5. The molecule has 2 aromatic heterocycles. The van der Waals surface area contributed by atoms with Crippen molar-refractivity contribution in [2.24, 2.45) is 5.73 Å². The van der Waals surface area contributed by atoms with Gasteiger partial charge in [0.1, 0.15) is 4.99 Å². The highest BCUT2D eigenvalue weighted by molar-refractivity contribution is 7.80. The molecular weight excluding hydrogens is 472 g/mol. The Hall–Kier alpha value is -3.26. The number of ether oxygens (including phenoxy) is 1. The average Bonchev–Trinajstić information content (AvgIpc) is 3.52. The second kappa shape index (κ2) is 9.41. The fraction of sp³-hybridized carbons (Fsp3) is 0.214. The third-order valence-corrected chi connectivity index (χ3v) is 7.80. The average molecular weight is 499 g/mol. The third-order valence-electron chi connectivity index (χ3n) is 6.77. The Morgan fingerprint density at radius 1 is 1.11 bits per heavy atom. The molecule has 0 atom stereocenters. The summed E-state index contributed by atoms with van der Waals surface area (Å²) in [7, 11) is 0. The second-order valence-corrected chi connectivity index (χ2v) is 10.3. The molecule has 0 unspecified atom stereocenters. The highest BCUT2D eigenvalue weighted by Gasteiger charge is 2.20. The van der Waals surface area contributed by atoms with Crippen molar-refractivity contribution in [2.75, 3.05) is 18.5 Å². The first-order valence-corrected chi connectivity index (χ1v) is 13.1. The molecule has 0 aliphatic carbocycles. The van der Waals surface area contributed by atoms with E-state index in [1.54, 1.807) is 11.3 Å². The lowest BCUT2D eigenvalue weighted by Gasteiger charge is -2.24. The number of hydrogen-bond donors (Lipinski definition) is 2. The Morgan fingerprint density at radius 3 is 2.86 bits per heavy atom. The SMILES string of the molecule is NC(=S)c1cccc(-c2cn(C3CCOCC3)c3cc(CNc4ccc5ncsc5c4)ccc23)c1. The van der Waals surface area contributed by atoms with Gasteiger partial charge >= 0.3 is 0 Å². The molecule has 6 rings (SSSR count). The van der Waals surface area contributed by atoms with Crippen molar-refractivity contribution in [3.05, 3.63) is 83.5 Å². The van der Waals surface area contributed by atoms with E-state index in [2.05, 4.69) is 69.6 Å². The summed E-state index contributed by atoms with van der Waals surface area (Å²) in [5, 5.41) is 4.83. The molecule has 1 aliphatic rings. The van der Waals surface area contributed by atoms with Crippen LogP contribution in [-0.2, 0) is 11.3 Å². The molecule has 3 heterocycles. The van der Waals surface area contributed by atoms with E-state index < -0.39 is 0 Å². The van der Waals surface area contributed by atoms with Crippen molar-refractivity contribution in [1.82, 2.24) is 9.55 Å². The molecular formula is C28H26N4OS2. The van der Waals surface area contributed by atoms with Gasteiger partial charge in [0.25, 0.3) is 0 Å². The lowest BCUT2D eigenvalue weighted by atomic mass is 10.0. The largest absolute Gasteiger partial charge is 0.389 e. The van der Waals surface area contributed by atoms with Crippen LogP contribution >= 0.6 is 23.6 Å². The van der Waals surface area contributed by atoms with E-state index in [1.807, 2.05) is 17.6 Å². The van der Waals surface area contributed by atoms with Crippen LogP contribution in [0.15, 0.2) is 72.4 Å². The zero-order chi connectivity index (χ0) is 23.8. The van der Waals surface area contributed by atoms with Crippen LogP contribution in [0.1, 0.15) is 30.0 Å². The second-order valence-electron chi connectivity index (χ2n) is 8.98. The maximum atomic E-state index is 5.92. The first-order chi connectivity index (χ1) is 17.2. The molecule has 5 aromatic rings. The maximum absolute atomic E-state index is 5.92. The standard InChI is InChI=1S/C28H26N4OS2/c29-28(34)20-3-1-2-19(13-20)24-16-32(22-8-10-33-11-9-22)26-12-18(4-6-23(24)26)15-30-21-5-7-25-27(14-21)35-17-31-25/h1-7,12-14,16-17,22,30H,8-11,15H2,(H2,29,34). The van der Waals surface area contributed by atoms with E-state index in [4.69, 9.17) is 22.7 Å². The van der Waals surface area contributed by atoms with Crippen molar-refractivity contribution in [2.45, 2.75) is 25.4 Å². The Labute approximate surface area is 213 Å². The zero-order valence-corrected chi connectivity index (χ0v) is 20.9. The highest BCUT2D eigenvalue weighted by Crippen LogP contribution is 2.36.